The summed E-state index contributed by atoms with van der Waals surface area (Å²) in [6.45, 7) is 0.639. The number of sulfonamides is 1. The highest BCUT2D eigenvalue weighted by molar-refractivity contribution is 7.89. The maximum Gasteiger partial charge on any atom is 0.323 e. The van der Waals surface area contributed by atoms with Crippen molar-refractivity contribution in [2.45, 2.75) is 17.4 Å². The Hall–Kier alpha value is -2.91. The van der Waals surface area contributed by atoms with E-state index in [2.05, 4.69) is 9.97 Å². The summed E-state index contributed by atoms with van der Waals surface area (Å²) in [5.41, 5.74) is 2.71. The van der Waals surface area contributed by atoms with Gasteiger partial charge in [0, 0.05) is 13.1 Å². The Morgan fingerprint density at radius 3 is 2.64 bits per heavy atom. The number of aromatic amines is 2. The van der Waals surface area contributed by atoms with Gasteiger partial charge in [-0.25, -0.2) is 13.2 Å². The highest BCUT2D eigenvalue weighted by Gasteiger charge is 2.41. The molecule has 5 rings (SSSR count). The van der Waals surface area contributed by atoms with Crippen molar-refractivity contribution in [3.05, 3.63) is 64.1 Å². The molecule has 1 unspecified atom stereocenters. The van der Waals surface area contributed by atoms with Gasteiger partial charge < -0.3 is 14.9 Å². The Morgan fingerprint density at radius 2 is 1.79 bits per heavy atom. The first-order valence-corrected chi connectivity index (χ1v) is 10.5. The maximum atomic E-state index is 13.2. The molecule has 1 saturated heterocycles. The molecule has 2 N–H and O–H groups in total. The van der Waals surface area contributed by atoms with E-state index in [-0.39, 0.29) is 29.9 Å². The van der Waals surface area contributed by atoms with Gasteiger partial charge in [-0.2, -0.15) is 4.31 Å². The summed E-state index contributed by atoms with van der Waals surface area (Å²) in [5, 5.41) is 0. The summed E-state index contributed by atoms with van der Waals surface area (Å²) in [7, 11) is -3.88. The molecule has 0 spiro atoms. The van der Waals surface area contributed by atoms with E-state index in [9.17, 15) is 18.0 Å². The quantitative estimate of drug-likeness (QED) is 0.671. The van der Waals surface area contributed by atoms with Gasteiger partial charge in [-0.05, 0) is 35.7 Å². The lowest BCUT2D eigenvalue weighted by atomic mass is 9.91. The number of piperazine rings is 1. The molecular weight excluding hydrogens is 380 g/mol. The van der Waals surface area contributed by atoms with Gasteiger partial charge in [0.2, 0.25) is 15.9 Å². The van der Waals surface area contributed by atoms with Crippen molar-refractivity contribution in [1.82, 2.24) is 19.2 Å². The van der Waals surface area contributed by atoms with Crippen molar-refractivity contribution in [3.63, 3.8) is 0 Å². The number of fused-ring (bicyclic) bond motifs is 4. The topological polar surface area (TPSA) is 106 Å². The van der Waals surface area contributed by atoms with E-state index < -0.39 is 15.7 Å². The van der Waals surface area contributed by atoms with Crippen LogP contribution in [0.4, 0.5) is 0 Å². The minimum absolute atomic E-state index is 0.0561. The van der Waals surface area contributed by atoms with E-state index >= 15 is 0 Å². The lowest BCUT2D eigenvalue weighted by Gasteiger charge is -2.44. The van der Waals surface area contributed by atoms with Crippen LogP contribution in [0.5, 0.6) is 0 Å². The molecule has 1 amide bonds. The van der Waals surface area contributed by atoms with Crippen LogP contribution in [0.2, 0.25) is 0 Å². The number of rotatable bonds is 2. The van der Waals surface area contributed by atoms with Gasteiger partial charge in [0.25, 0.3) is 0 Å². The van der Waals surface area contributed by atoms with Crippen molar-refractivity contribution in [2.24, 2.45) is 0 Å². The molecule has 0 radical (unpaired) electrons. The number of benzene rings is 2. The highest BCUT2D eigenvalue weighted by atomic mass is 32.2. The Labute approximate surface area is 160 Å². The first-order valence-electron chi connectivity index (χ1n) is 9.03. The lowest BCUT2D eigenvalue weighted by molar-refractivity contribution is -0.138. The van der Waals surface area contributed by atoms with Crippen LogP contribution in [-0.4, -0.2) is 53.1 Å². The number of hydrogen-bond donors (Lipinski definition) is 2. The standard InChI is InChI=1S/C19H18N4O4S/c24-18-11-22(10-17-14-4-2-1-3-12(14)7-8-23(17)18)28(26,27)13-5-6-15-16(9-13)21-19(25)20-15/h1-6,9,17H,7-8,10-11H2,(H2,20,21,25). The first-order chi connectivity index (χ1) is 13.4. The van der Waals surface area contributed by atoms with Crippen molar-refractivity contribution >= 4 is 27.0 Å². The fraction of sp³-hybridized carbons (Fsp3) is 0.263. The molecule has 1 atom stereocenters. The molecule has 2 aliphatic heterocycles. The molecule has 9 heteroatoms. The molecule has 0 bridgehead atoms. The van der Waals surface area contributed by atoms with E-state index in [1.807, 2.05) is 24.3 Å². The number of nitrogens with zero attached hydrogens (tertiary/aromatic N) is 2. The molecule has 0 aliphatic carbocycles. The Kier molecular flexibility index (Phi) is 3.72. The molecule has 3 heterocycles. The van der Waals surface area contributed by atoms with Gasteiger partial charge in [0.05, 0.1) is 28.5 Å². The van der Waals surface area contributed by atoms with Crippen LogP contribution < -0.4 is 5.69 Å². The number of nitrogens with one attached hydrogen (secondary N) is 2. The zero-order valence-electron chi connectivity index (χ0n) is 14.9. The van der Waals surface area contributed by atoms with Gasteiger partial charge in [-0.1, -0.05) is 24.3 Å². The van der Waals surface area contributed by atoms with Crippen LogP contribution in [0.15, 0.2) is 52.2 Å². The minimum Gasteiger partial charge on any atom is -0.333 e. The van der Waals surface area contributed by atoms with Crippen LogP contribution >= 0.6 is 0 Å². The van der Waals surface area contributed by atoms with E-state index in [4.69, 9.17) is 0 Å². The zero-order valence-corrected chi connectivity index (χ0v) is 15.7. The predicted molar refractivity (Wildman–Crippen MR) is 102 cm³/mol. The fourth-order valence-corrected chi connectivity index (χ4v) is 5.57. The molecule has 8 nitrogen and oxygen atoms in total. The van der Waals surface area contributed by atoms with Gasteiger partial charge in [0.15, 0.2) is 0 Å². The third-order valence-electron chi connectivity index (χ3n) is 5.55. The second-order valence-electron chi connectivity index (χ2n) is 7.14. The summed E-state index contributed by atoms with van der Waals surface area (Å²) in [5.74, 6) is -0.189. The van der Waals surface area contributed by atoms with Gasteiger partial charge >= 0.3 is 5.69 Å². The summed E-state index contributed by atoms with van der Waals surface area (Å²) < 4.78 is 27.7. The molecule has 2 aliphatic rings. The van der Waals surface area contributed by atoms with Gasteiger partial charge in [0.1, 0.15) is 0 Å². The lowest BCUT2D eigenvalue weighted by Crippen LogP contribution is -2.55. The molecule has 0 saturated carbocycles. The number of imidazole rings is 1. The second kappa shape index (κ2) is 6.05. The van der Waals surface area contributed by atoms with E-state index in [0.29, 0.717) is 17.6 Å². The molecule has 1 aromatic heterocycles. The third kappa shape index (κ3) is 2.58. The first kappa shape index (κ1) is 17.2. The summed E-state index contributed by atoms with van der Waals surface area (Å²) in [6.07, 6.45) is 0.780. The number of H-pyrrole nitrogens is 2. The molecule has 144 valence electrons. The van der Waals surface area contributed by atoms with Crippen LogP contribution in [0.3, 0.4) is 0 Å². The minimum atomic E-state index is -3.88. The van der Waals surface area contributed by atoms with Crippen molar-refractivity contribution in [3.8, 4) is 0 Å². The highest BCUT2D eigenvalue weighted by Crippen LogP contribution is 2.35. The Balaban J connectivity index is 1.53. The smallest absolute Gasteiger partial charge is 0.323 e. The average molecular weight is 398 g/mol. The summed E-state index contributed by atoms with van der Waals surface area (Å²) >= 11 is 0. The van der Waals surface area contributed by atoms with Gasteiger partial charge in [-0.15, -0.1) is 0 Å². The molecular formula is C19H18N4O4S. The molecule has 2 aromatic carbocycles. The molecule has 28 heavy (non-hydrogen) atoms. The number of carbonyl (C=O) groups is 1. The Bertz CT molecular complexity index is 1260. The Morgan fingerprint density at radius 1 is 1.00 bits per heavy atom. The maximum absolute atomic E-state index is 13.2. The number of carbonyl (C=O) groups excluding carboxylic acids is 1. The third-order valence-corrected chi connectivity index (χ3v) is 7.35. The summed E-state index contributed by atoms with van der Waals surface area (Å²) in [4.78, 5) is 31.2. The SMILES string of the molecule is O=C1CN(S(=O)(=O)c2ccc3[nH]c(=O)[nH]c3c2)CC2c3ccccc3CCN12. The van der Waals surface area contributed by atoms with Crippen LogP contribution in [0.1, 0.15) is 17.2 Å². The van der Waals surface area contributed by atoms with Crippen molar-refractivity contribution in [2.75, 3.05) is 19.6 Å². The number of hydrogen-bond acceptors (Lipinski definition) is 4. The van der Waals surface area contributed by atoms with Crippen LogP contribution in [-0.2, 0) is 21.2 Å². The predicted octanol–water partition coefficient (Wildman–Crippen LogP) is 0.986. The zero-order chi connectivity index (χ0) is 19.5. The van der Waals surface area contributed by atoms with Crippen molar-refractivity contribution < 1.29 is 13.2 Å². The van der Waals surface area contributed by atoms with E-state index in [0.717, 1.165) is 17.5 Å². The summed E-state index contributed by atoms with van der Waals surface area (Å²) in [6, 6.07) is 12.0. The molecule has 3 aromatic rings. The second-order valence-corrected chi connectivity index (χ2v) is 9.07. The van der Waals surface area contributed by atoms with Gasteiger partial charge in [-0.3, -0.25) is 4.79 Å². The largest absolute Gasteiger partial charge is 0.333 e. The fourth-order valence-electron chi connectivity index (χ4n) is 4.15. The van der Waals surface area contributed by atoms with Crippen molar-refractivity contribution in [1.29, 1.82) is 0 Å². The molecule has 1 fully saturated rings. The average Bonchev–Trinajstić information content (AvgIpc) is 3.07. The van der Waals surface area contributed by atoms with Crippen LogP contribution in [0.25, 0.3) is 11.0 Å². The van der Waals surface area contributed by atoms with E-state index in [1.54, 1.807) is 11.0 Å². The monoisotopic (exact) mass is 398 g/mol. The normalized spacial score (nSPS) is 20.2. The van der Waals surface area contributed by atoms with Crippen LogP contribution in [0, 0.1) is 0 Å². The number of aromatic nitrogens is 2. The number of amides is 1. The van der Waals surface area contributed by atoms with E-state index in [1.165, 1.54) is 16.4 Å².